The summed E-state index contributed by atoms with van der Waals surface area (Å²) in [6, 6.07) is 5.74. The summed E-state index contributed by atoms with van der Waals surface area (Å²) in [6.07, 6.45) is -0.515. The van der Waals surface area contributed by atoms with Crippen molar-refractivity contribution in [3.8, 4) is 0 Å². The largest absolute Gasteiger partial charge is 0.390 e. The molecule has 0 radical (unpaired) electrons. The lowest BCUT2D eigenvalue weighted by Gasteiger charge is -2.34. The summed E-state index contributed by atoms with van der Waals surface area (Å²) in [6.45, 7) is 9.04. The maximum Gasteiger partial charge on any atom is 0.253 e. The van der Waals surface area contributed by atoms with E-state index < -0.39 is 6.10 Å². The van der Waals surface area contributed by atoms with Gasteiger partial charge >= 0.3 is 0 Å². The van der Waals surface area contributed by atoms with Gasteiger partial charge in [0.15, 0.2) is 0 Å². The monoisotopic (exact) mass is 319 g/mol. The van der Waals surface area contributed by atoms with Gasteiger partial charge in [-0.3, -0.25) is 9.69 Å². The highest BCUT2D eigenvalue weighted by Crippen LogP contribution is 2.12. The fraction of sp³-hybridized carbons (Fsp3) is 0.611. The molecular weight excluding hydrogens is 290 g/mol. The van der Waals surface area contributed by atoms with Crippen LogP contribution in [0.5, 0.6) is 0 Å². The van der Waals surface area contributed by atoms with Crippen molar-refractivity contribution in [2.75, 3.05) is 53.4 Å². The number of β-amino-alcohol motifs (C(OH)–C–C–N with tert-alkyl or cyclic N) is 1. The van der Waals surface area contributed by atoms with Crippen LogP contribution in [0.15, 0.2) is 18.2 Å². The third-order valence-corrected chi connectivity index (χ3v) is 4.65. The van der Waals surface area contributed by atoms with E-state index in [1.54, 1.807) is 11.9 Å². The first-order valence-electron chi connectivity index (χ1n) is 8.28. The lowest BCUT2D eigenvalue weighted by molar-refractivity contribution is 0.0501. The molecule has 5 heteroatoms. The van der Waals surface area contributed by atoms with Crippen LogP contribution in [0.3, 0.4) is 0 Å². The molecule has 1 unspecified atom stereocenters. The summed E-state index contributed by atoms with van der Waals surface area (Å²) in [5, 5.41) is 10.3. The predicted molar refractivity (Wildman–Crippen MR) is 92.8 cm³/mol. The maximum absolute atomic E-state index is 12.5. The van der Waals surface area contributed by atoms with Crippen LogP contribution in [0.2, 0.25) is 0 Å². The summed E-state index contributed by atoms with van der Waals surface area (Å²) in [4.78, 5) is 18.6. The summed E-state index contributed by atoms with van der Waals surface area (Å²) in [5.41, 5.74) is 2.98. The van der Waals surface area contributed by atoms with Crippen LogP contribution in [0.1, 0.15) is 21.5 Å². The Hall–Kier alpha value is -1.43. The molecule has 1 aromatic carbocycles. The van der Waals surface area contributed by atoms with Crippen LogP contribution in [0.4, 0.5) is 0 Å². The highest BCUT2D eigenvalue weighted by Gasteiger charge is 2.20. The fourth-order valence-electron chi connectivity index (χ4n) is 2.88. The van der Waals surface area contributed by atoms with Gasteiger partial charge in [0.1, 0.15) is 0 Å². The topological polar surface area (TPSA) is 47.0 Å². The second-order valence-electron chi connectivity index (χ2n) is 6.74. The third-order valence-electron chi connectivity index (χ3n) is 4.65. The zero-order valence-electron chi connectivity index (χ0n) is 14.7. The van der Waals surface area contributed by atoms with Crippen molar-refractivity contribution in [3.63, 3.8) is 0 Å². The van der Waals surface area contributed by atoms with Crippen molar-refractivity contribution in [1.29, 1.82) is 0 Å². The Balaban J connectivity index is 1.86. The molecule has 1 aliphatic heterocycles. The number of aliphatic hydroxyl groups is 1. The summed E-state index contributed by atoms with van der Waals surface area (Å²) in [5.74, 6) is -0.0365. The number of aryl methyl sites for hydroxylation is 2. The molecular formula is C18H29N3O2. The maximum atomic E-state index is 12.5. The van der Waals surface area contributed by atoms with Gasteiger partial charge in [0.05, 0.1) is 6.10 Å². The van der Waals surface area contributed by atoms with E-state index in [9.17, 15) is 9.90 Å². The van der Waals surface area contributed by atoms with Crippen LogP contribution >= 0.6 is 0 Å². The first kappa shape index (κ1) is 17.9. The van der Waals surface area contributed by atoms with E-state index in [0.717, 1.165) is 31.7 Å². The van der Waals surface area contributed by atoms with Crippen molar-refractivity contribution in [2.45, 2.75) is 20.0 Å². The molecule has 1 atom stereocenters. The van der Waals surface area contributed by atoms with Crippen LogP contribution in [0, 0.1) is 13.8 Å². The van der Waals surface area contributed by atoms with E-state index in [1.165, 1.54) is 5.56 Å². The fourth-order valence-corrected chi connectivity index (χ4v) is 2.88. The van der Waals surface area contributed by atoms with Crippen LogP contribution in [-0.4, -0.2) is 85.2 Å². The summed E-state index contributed by atoms with van der Waals surface area (Å²) < 4.78 is 0. The van der Waals surface area contributed by atoms with Gasteiger partial charge in [0.25, 0.3) is 5.91 Å². The molecule has 1 saturated heterocycles. The number of benzene rings is 1. The minimum Gasteiger partial charge on any atom is -0.390 e. The molecule has 0 spiro atoms. The van der Waals surface area contributed by atoms with Crippen molar-refractivity contribution in [1.82, 2.24) is 14.7 Å². The highest BCUT2D eigenvalue weighted by atomic mass is 16.3. The van der Waals surface area contributed by atoms with Gasteiger partial charge in [0.2, 0.25) is 0 Å². The average Bonchev–Trinajstić information content (AvgIpc) is 2.51. The normalized spacial score (nSPS) is 18.0. The minimum absolute atomic E-state index is 0.0365. The molecule has 1 aliphatic rings. The van der Waals surface area contributed by atoms with Gasteiger partial charge in [-0.25, -0.2) is 0 Å². The molecule has 1 fully saturated rings. The third kappa shape index (κ3) is 5.03. The average molecular weight is 319 g/mol. The smallest absolute Gasteiger partial charge is 0.253 e. The molecule has 5 nitrogen and oxygen atoms in total. The van der Waals surface area contributed by atoms with E-state index in [0.29, 0.717) is 18.7 Å². The molecule has 128 valence electrons. The lowest BCUT2D eigenvalue weighted by atomic mass is 10.1. The van der Waals surface area contributed by atoms with E-state index in [-0.39, 0.29) is 5.91 Å². The number of hydrogen-bond acceptors (Lipinski definition) is 4. The number of amides is 1. The van der Waals surface area contributed by atoms with Crippen LogP contribution in [0.25, 0.3) is 0 Å². The molecule has 23 heavy (non-hydrogen) atoms. The molecule has 1 heterocycles. The molecule has 0 aromatic heterocycles. The number of piperazine rings is 1. The number of likely N-dealkylation sites (N-methyl/N-ethyl adjacent to an activating group) is 2. The van der Waals surface area contributed by atoms with Gasteiger partial charge in [-0.05, 0) is 44.2 Å². The van der Waals surface area contributed by atoms with E-state index in [4.69, 9.17) is 0 Å². The van der Waals surface area contributed by atoms with Gasteiger partial charge in [-0.15, -0.1) is 0 Å². The number of rotatable bonds is 5. The Morgan fingerprint density at radius 3 is 2.48 bits per heavy atom. The number of aliphatic hydroxyl groups excluding tert-OH is 1. The number of carbonyl (C=O) groups is 1. The van der Waals surface area contributed by atoms with Crippen molar-refractivity contribution >= 4 is 5.91 Å². The summed E-state index contributed by atoms with van der Waals surface area (Å²) >= 11 is 0. The Kier molecular flexibility index (Phi) is 6.16. The van der Waals surface area contributed by atoms with Gasteiger partial charge in [-0.1, -0.05) is 6.07 Å². The molecule has 2 rings (SSSR count). The predicted octanol–water partition coefficient (Wildman–Crippen LogP) is 0.984. The minimum atomic E-state index is -0.515. The summed E-state index contributed by atoms with van der Waals surface area (Å²) in [7, 11) is 3.87. The number of hydrogen-bond donors (Lipinski definition) is 1. The van der Waals surface area contributed by atoms with Crippen LogP contribution < -0.4 is 0 Å². The lowest BCUT2D eigenvalue weighted by Crippen LogP contribution is -2.49. The molecule has 0 bridgehead atoms. The van der Waals surface area contributed by atoms with Crippen molar-refractivity contribution in [3.05, 3.63) is 34.9 Å². The molecule has 0 saturated carbocycles. The SMILES string of the molecule is Cc1ccc(C(=O)N(C)CC(O)CN2CCN(C)CC2)cc1C. The standard InChI is InChI=1S/C18H29N3O2/c1-14-5-6-16(11-15(14)2)18(23)20(4)12-17(22)13-21-9-7-19(3)8-10-21/h5-6,11,17,22H,7-10,12-13H2,1-4H3. The molecule has 1 amide bonds. The van der Waals surface area contributed by atoms with Gasteiger partial charge < -0.3 is 14.9 Å². The van der Waals surface area contributed by atoms with Gasteiger partial charge in [-0.2, -0.15) is 0 Å². The molecule has 1 aromatic rings. The van der Waals surface area contributed by atoms with Crippen LogP contribution in [-0.2, 0) is 0 Å². The zero-order valence-corrected chi connectivity index (χ0v) is 14.7. The quantitative estimate of drug-likeness (QED) is 0.879. The van der Waals surface area contributed by atoms with E-state index in [2.05, 4.69) is 16.8 Å². The molecule has 0 aliphatic carbocycles. The zero-order chi connectivity index (χ0) is 17.0. The second kappa shape index (κ2) is 7.90. The first-order chi connectivity index (χ1) is 10.9. The Bertz CT molecular complexity index is 539. The van der Waals surface area contributed by atoms with Crippen molar-refractivity contribution < 1.29 is 9.90 Å². The first-order valence-corrected chi connectivity index (χ1v) is 8.28. The van der Waals surface area contributed by atoms with Gasteiger partial charge in [0, 0.05) is 51.9 Å². The van der Waals surface area contributed by atoms with E-state index in [1.807, 2.05) is 32.0 Å². The number of carbonyl (C=O) groups excluding carboxylic acids is 1. The Labute approximate surface area is 139 Å². The highest BCUT2D eigenvalue weighted by molar-refractivity contribution is 5.94. The Morgan fingerprint density at radius 1 is 1.22 bits per heavy atom. The second-order valence-corrected chi connectivity index (χ2v) is 6.74. The molecule has 1 N–H and O–H groups in total. The van der Waals surface area contributed by atoms with Crippen molar-refractivity contribution in [2.24, 2.45) is 0 Å². The number of nitrogens with zero attached hydrogens (tertiary/aromatic N) is 3. The van der Waals surface area contributed by atoms with E-state index >= 15 is 0 Å². The Morgan fingerprint density at radius 2 is 1.87 bits per heavy atom.